The zero-order valence-electron chi connectivity index (χ0n) is 13.8. The zero-order valence-corrected chi connectivity index (χ0v) is 14.6. The first-order valence-electron chi connectivity index (χ1n) is 7.07. The molecule has 1 N–H and O–H groups in total. The van der Waals surface area contributed by atoms with Crippen LogP contribution in [0.25, 0.3) is 0 Å². The quantitative estimate of drug-likeness (QED) is 0.615. The largest absolute Gasteiger partial charge is 0.365 e. The van der Waals surface area contributed by atoms with Gasteiger partial charge in [0.25, 0.3) is 0 Å². The van der Waals surface area contributed by atoms with Crippen LogP contribution >= 0.6 is 11.8 Å². The van der Waals surface area contributed by atoms with Gasteiger partial charge >= 0.3 is 0 Å². The molecule has 0 unspecified atom stereocenters. The Labute approximate surface area is 137 Å². The molecule has 0 aliphatic carbocycles. The summed E-state index contributed by atoms with van der Waals surface area (Å²) >= 11 is 1.64. The van der Waals surface area contributed by atoms with Crippen LogP contribution in [0.2, 0.25) is 0 Å². The second-order valence-corrected chi connectivity index (χ2v) is 6.20. The first-order valence-corrected chi connectivity index (χ1v) is 7.89. The molecule has 0 spiro atoms. The number of amides is 1. The van der Waals surface area contributed by atoms with Gasteiger partial charge < -0.3 is 10.2 Å². The van der Waals surface area contributed by atoms with Crippen LogP contribution in [0.5, 0.6) is 0 Å². The normalized spacial score (nSPS) is 11.0. The van der Waals surface area contributed by atoms with E-state index in [-0.39, 0.29) is 12.5 Å². The van der Waals surface area contributed by atoms with Gasteiger partial charge in [-0.1, -0.05) is 48.7 Å². The maximum Gasteiger partial charge on any atom is 0.239 e. The van der Waals surface area contributed by atoms with E-state index in [2.05, 4.69) is 50.5 Å². The number of allylic oxidation sites excluding steroid dienone is 2. The number of aryl methyl sites for hydroxylation is 2. The molecule has 0 saturated heterocycles. The van der Waals surface area contributed by atoms with Gasteiger partial charge in [0.05, 0.1) is 6.54 Å². The number of benzene rings is 1. The zero-order chi connectivity index (χ0) is 16.7. The van der Waals surface area contributed by atoms with Gasteiger partial charge in [0, 0.05) is 29.6 Å². The molecule has 0 aliphatic rings. The van der Waals surface area contributed by atoms with Gasteiger partial charge in [-0.2, -0.15) is 0 Å². The number of thioether (sulfide) groups is 1. The topological polar surface area (TPSA) is 32.3 Å². The maximum atomic E-state index is 11.5. The van der Waals surface area contributed by atoms with Gasteiger partial charge in [-0.05, 0) is 31.6 Å². The Hall–Kier alpha value is -1.94. The molecule has 0 aromatic heterocycles. The Balaban J connectivity index is 2.94. The lowest BCUT2D eigenvalue weighted by Crippen LogP contribution is -2.32. The number of likely N-dealkylation sites (N-methyl/N-ethyl adjacent to an activating group) is 2. The highest BCUT2D eigenvalue weighted by molar-refractivity contribution is 8.03. The van der Waals surface area contributed by atoms with Crippen LogP contribution in [0.4, 0.5) is 0 Å². The Morgan fingerprint density at radius 2 is 2.09 bits per heavy atom. The second kappa shape index (κ2) is 8.49. The van der Waals surface area contributed by atoms with Crippen LogP contribution in [0.15, 0.2) is 59.0 Å². The van der Waals surface area contributed by atoms with Gasteiger partial charge in [0.1, 0.15) is 0 Å². The van der Waals surface area contributed by atoms with Crippen LogP contribution in [0.3, 0.4) is 0 Å². The van der Waals surface area contributed by atoms with E-state index in [1.807, 2.05) is 18.0 Å². The van der Waals surface area contributed by atoms with Gasteiger partial charge in [0.15, 0.2) is 0 Å². The first kappa shape index (κ1) is 18.1. The minimum Gasteiger partial charge on any atom is -0.365 e. The summed E-state index contributed by atoms with van der Waals surface area (Å²) in [7, 11) is 3.49. The van der Waals surface area contributed by atoms with Gasteiger partial charge in [0.2, 0.25) is 5.91 Å². The monoisotopic (exact) mass is 316 g/mol. The molecule has 0 saturated carbocycles. The minimum absolute atomic E-state index is 0.0434. The van der Waals surface area contributed by atoms with Crippen molar-refractivity contribution in [2.45, 2.75) is 18.7 Å². The number of carbonyl (C=O) groups is 1. The molecule has 1 aromatic rings. The average Bonchev–Trinajstić information content (AvgIpc) is 2.48. The third kappa shape index (κ3) is 5.11. The average molecular weight is 316 g/mol. The van der Waals surface area contributed by atoms with Crippen molar-refractivity contribution in [2.24, 2.45) is 0 Å². The number of nitrogens with zero attached hydrogens (tertiary/aromatic N) is 1. The number of nitrogens with one attached hydrogen (secondary N) is 1. The molecular formula is C18H24N2OS. The molecule has 118 valence electrons. The maximum absolute atomic E-state index is 11.5. The Kier molecular flexibility index (Phi) is 6.99. The van der Waals surface area contributed by atoms with Crippen molar-refractivity contribution in [2.75, 3.05) is 20.6 Å². The summed E-state index contributed by atoms with van der Waals surface area (Å²) in [5.41, 5.74) is 3.27. The fourth-order valence-corrected chi connectivity index (χ4v) is 2.94. The van der Waals surface area contributed by atoms with Crippen LogP contribution < -0.4 is 5.32 Å². The molecule has 0 fully saturated rings. The predicted octanol–water partition coefficient (Wildman–Crippen LogP) is 3.66. The number of carbonyl (C=O) groups excluding carboxylic acids is 1. The summed E-state index contributed by atoms with van der Waals surface area (Å²) < 4.78 is 0. The van der Waals surface area contributed by atoms with E-state index in [0.717, 1.165) is 10.6 Å². The van der Waals surface area contributed by atoms with E-state index in [1.165, 1.54) is 16.0 Å². The summed E-state index contributed by atoms with van der Waals surface area (Å²) in [5, 5.41) is 2.62. The Bertz CT molecular complexity index is 605. The smallest absolute Gasteiger partial charge is 0.239 e. The van der Waals surface area contributed by atoms with Crippen molar-refractivity contribution in [3.05, 3.63) is 65.2 Å². The lowest BCUT2D eigenvalue weighted by atomic mass is 10.2. The summed E-state index contributed by atoms with van der Waals surface area (Å²) in [6, 6.07) is 6.36. The van der Waals surface area contributed by atoms with Crippen LogP contribution in [-0.2, 0) is 4.79 Å². The SMILES string of the molecule is C=C/C=C(/Sc1ccc(C)cc1C)C(=C)N(C)CC(=O)NC. The lowest BCUT2D eigenvalue weighted by molar-refractivity contribution is -0.121. The number of hydrogen-bond acceptors (Lipinski definition) is 3. The van der Waals surface area contributed by atoms with E-state index in [4.69, 9.17) is 0 Å². The molecule has 0 radical (unpaired) electrons. The molecule has 4 heteroatoms. The molecule has 1 amide bonds. The summed E-state index contributed by atoms with van der Waals surface area (Å²) in [5.74, 6) is -0.0434. The fraction of sp³-hybridized carbons (Fsp3) is 0.278. The van der Waals surface area contributed by atoms with Crippen molar-refractivity contribution in [3.8, 4) is 0 Å². The van der Waals surface area contributed by atoms with Gasteiger partial charge in [-0.25, -0.2) is 0 Å². The molecule has 0 heterocycles. The van der Waals surface area contributed by atoms with Crippen LogP contribution in [0, 0.1) is 13.8 Å². The second-order valence-electron chi connectivity index (χ2n) is 5.11. The minimum atomic E-state index is -0.0434. The third-order valence-electron chi connectivity index (χ3n) is 3.22. The molecule has 3 nitrogen and oxygen atoms in total. The van der Waals surface area contributed by atoms with E-state index < -0.39 is 0 Å². The molecule has 1 rings (SSSR count). The molecule has 22 heavy (non-hydrogen) atoms. The van der Waals surface area contributed by atoms with Crippen molar-refractivity contribution in [3.63, 3.8) is 0 Å². The Morgan fingerprint density at radius 1 is 1.41 bits per heavy atom. The molecule has 1 aromatic carbocycles. The lowest BCUT2D eigenvalue weighted by Gasteiger charge is -2.23. The van der Waals surface area contributed by atoms with E-state index in [0.29, 0.717) is 0 Å². The Morgan fingerprint density at radius 3 is 2.64 bits per heavy atom. The summed E-state index contributed by atoms with van der Waals surface area (Å²) in [6.07, 6.45) is 3.66. The third-order valence-corrected chi connectivity index (χ3v) is 4.49. The van der Waals surface area contributed by atoms with Crippen LogP contribution in [0.1, 0.15) is 11.1 Å². The highest BCUT2D eigenvalue weighted by Gasteiger charge is 2.13. The van der Waals surface area contributed by atoms with Gasteiger partial charge in [-0.15, -0.1) is 0 Å². The highest BCUT2D eigenvalue weighted by Crippen LogP contribution is 2.34. The van der Waals surface area contributed by atoms with E-state index in [1.54, 1.807) is 24.9 Å². The first-order chi connectivity index (χ1) is 10.4. The molecular weight excluding hydrogens is 292 g/mol. The summed E-state index contributed by atoms with van der Waals surface area (Å²) in [6.45, 7) is 12.3. The van der Waals surface area contributed by atoms with Crippen molar-refractivity contribution in [1.82, 2.24) is 10.2 Å². The van der Waals surface area contributed by atoms with Crippen molar-refractivity contribution < 1.29 is 4.79 Å². The van der Waals surface area contributed by atoms with Crippen molar-refractivity contribution in [1.29, 1.82) is 0 Å². The van der Waals surface area contributed by atoms with E-state index >= 15 is 0 Å². The van der Waals surface area contributed by atoms with Gasteiger partial charge in [-0.3, -0.25) is 4.79 Å². The van der Waals surface area contributed by atoms with E-state index in [9.17, 15) is 4.79 Å². The molecule has 0 bridgehead atoms. The number of hydrogen-bond donors (Lipinski definition) is 1. The standard InChI is InChI=1S/C18H24N2OS/c1-7-8-17(15(4)20(6)12-18(21)19-5)22-16-10-9-13(2)11-14(16)3/h7-11H,1,4,12H2,2-3,5-6H3,(H,19,21)/b17-8+. The predicted molar refractivity (Wildman–Crippen MR) is 95.9 cm³/mol. The van der Waals surface area contributed by atoms with Crippen molar-refractivity contribution >= 4 is 17.7 Å². The summed E-state index contributed by atoms with van der Waals surface area (Å²) in [4.78, 5) is 15.5. The highest BCUT2D eigenvalue weighted by atomic mass is 32.2. The molecule has 0 aliphatic heterocycles. The molecule has 0 atom stereocenters. The van der Waals surface area contributed by atoms with Crippen LogP contribution in [-0.4, -0.2) is 31.4 Å². The number of rotatable bonds is 7. The fourth-order valence-electron chi connectivity index (χ4n) is 1.91.